The van der Waals surface area contributed by atoms with Crippen LogP contribution in [-0.4, -0.2) is 48.2 Å². The first-order chi connectivity index (χ1) is 17.1. The average molecular weight is 571 g/mol. The van der Waals surface area contributed by atoms with Crippen molar-refractivity contribution in [2.75, 3.05) is 25.6 Å². The van der Waals surface area contributed by atoms with Gasteiger partial charge in [-0.1, -0.05) is 34.7 Å². The van der Waals surface area contributed by atoms with Gasteiger partial charge in [0.15, 0.2) is 5.13 Å². The molecule has 2 aromatic heterocycles. The number of pyridine rings is 1. The summed E-state index contributed by atoms with van der Waals surface area (Å²) in [5.41, 5.74) is 2.11. The van der Waals surface area contributed by atoms with Crippen molar-refractivity contribution in [3.8, 4) is 11.5 Å². The van der Waals surface area contributed by atoms with Crippen LogP contribution >= 0.6 is 27.3 Å². The first-order valence-electron chi connectivity index (χ1n) is 11.2. The van der Waals surface area contributed by atoms with E-state index in [0.717, 1.165) is 31.9 Å². The van der Waals surface area contributed by atoms with E-state index in [4.69, 9.17) is 9.47 Å². The largest absolute Gasteiger partial charge is 0.457 e. The number of hydrogen-bond acceptors (Lipinski definition) is 8. The van der Waals surface area contributed by atoms with E-state index in [2.05, 4.69) is 41.8 Å². The zero-order valence-electron chi connectivity index (χ0n) is 19.0. The molecule has 0 aliphatic carbocycles. The Balaban J connectivity index is 0.00000304. The van der Waals surface area contributed by atoms with Crippen molar-refractivity contribution in [1.82, 2.24) is 20.6 Å². The second-order valence-corrected chi connectivity index (χ2v) is 10.2. The number of amides is 1. The second kappa shape index (κ2) is 11.8. The normalized spacial score (nSPS) is 16.9. The Hall–Kier alpha value is -3.05. The third-order valence-corrected chi connectivity index (χ3v) is 7.06. The quantitative estimate of drug-likeness (QED) is 0.249. The van der Waals surface area contributed by atoms with Crippen LogP contribution in [0.25, 0.3) is 10.2 Å². The molecule has 3 heterocycles. The fourth-order valence-electron chi connectivity index (χ4n) is 3.93. The van der Waals surface area contributed by atoms with Crippen LogP contribution in [0.5, 0.6) is 11.5 Å². The molecule has 8 nitrogen and oxygen atoms in total. The number of benzene rings is 2. The number of aromatic nitrogens is 2. The van der Waals surface area contributed by atoms with Gasteiger partial charge < -0.3 is 25.4 Å². The lowest BCUT2D eigenvalue weighted by molar-refractivity contribution is 0.0933. The Morgan fingerprint density at radius 1 is 1.17 bits per heavy atom. The molecule has 1 saturated heterocycles. The molecule has 188 valence electrons. The molecule has 36 heavy (non-hydrogen) atoms. The molecule has 0 bridgehead atoms. The fourth-order valence-corrected chi connectivity index (χ4v) is 5.06. The summed E-state index contributed by atoms with van der Waals surface area (Å²) >= 11 is 5.02. The molecule has 2 aromatic carbocycles. The summed E-state index contributed by atoms with van der Waals surface area (Å²) in [6.45, 7) is 1.33. The van der Waals surface area contributed by atoms with Crippen molar-refractivity contribution in [1.29, 1.82) is 0 Å². The number of nitrogens with one attached hydrogen (secondary N) is 3. The number of nitrogens with zero attached hydrogens (tertiary/aromatic N) is 2. The van der Waals surface area contributed by atoms with Crippen molar-refractivity contribution in [3.63, 3.8) is 0 Å². The number of thiazole rings is 1. The highest BCUT2D eigenvalue weighted by Gasteiger charge is 2.25. The smallest absolute Gasteiger partial charge is 0.270 e. The zero-order valence-corrected chi connectivity index (χ0v) is 21.4. The minimum Gasteiger partial charge on any atom is -0.457 e. The minimum atomic E-state index is -0.223. The summed E-state index contributed by atoms with van der Waals surface area (Å²) < 4.78 is 13.3. The number of methoxy groups -OCH3 is 1. The lowest BCUT2D eigenvalue weighted by atomic mass is 10.2. The molecule has 1 aliphatic heterocycles. The van der Waals surface area contributed by atoms with Crippen LogP contribution in [-0.2, 0) is 4.74 Å². The van der Waals surface area contributed by atoms with Crippen LogP contribution in [0.4, 0.5) is 10.8 Å². The van der Waals surface area contributed by atoms with E-state index in [1.807, 2.05) is 42.5 Å². The van der Waals surface area contributed by atoms with Gasteiger partial charge in [0.05, 0.1) is 16.8 Å². The molecule has 1 fully saturated rings. The van der Waals surface area contributed by atoms with Crippen LogP contribution in [0, 0.1) is 0 Å². The predicted molar refractivity (Wildman–Crippen MR) is 148 cm³/mol. The van der Waals surface area contributed by atoms with Gasteiger partial charge in [-0.25, -0.2) is 4.98 Å². The number of carbonyl (C=O) groups is 1. The second-order valence-electron chi connectivity index (χ2n) is 8.23. The topological polar surface area (TPSA) is 97.4 Å². The zero-order chi connectivity index (χ0) is 24.2. The van der Waals surface area contributed by atoms with Gasteiger partial charge in [0.1, 0.15) is 17.2 Å². The van der Waals surface area contributed by atoms with E-state index in [1.54, 1.807) is 36.8 Å². The molecular weight excluding hydrogens is 542 g/mol. The Morgan fingerprint density at radius 2 is 1.97 bits per heavy atom. The van der Waals surface area contributed by atoms with Crippen molar-refractivity contribution in [3.05, 3.63) is 71.0 Å². The van der Waals surface area contributed by atoms with Crippen LogP contribution in [0.1, 0.15) is 24.3 Å². The Kier molecular flexibility index (Phi) is 8.52. The van der Waals surface area contributed by atoms with E-state index in [1.165, 1.54) is 0 Å². The number of rotatable bonds is 8. The molecule has 1 unspecified atom stereocenters. The first kappa shape index (κ1) is 26.0. The molecule has 1 amide bonds. The number of carbonyl (C=O) groups excluding carboxylic acids is 1. The van der Waals surface area contributed by atoms with Crippen molar-refractivity contribution < 1.29 is 14.3 Å². The van der Waals surface area contributed by atoms with Gasteiger partial charge in [-0.15, -0.1) is 0 Å². The summed E-state index contributed by atoms with van der Waals surface area (Å²) in [5, 5.41) is 10.5. The fraction of sp³-hybridized carbons (Fsp3) is 0.269. The van der Waals surface area contributed by atoms with Gasteiger partial charge in [0, 0.05) is 54.2 Å². The maximum absolute atomic E-state index is 12.7. The summed E-state index contributed by atoms with van der Waals surface area (Å²) in [5.74, 6) is 0.951. The number of ether oxygens (including phenoxy) is 2. The van der Waals surface area contributed by atoms with Gasteiger partial charge in [-0.2, -0.15) is 0 Å². The summed E-state index contributed by atoms with van der Waals surface area (Å²) in [7, 11) is 1.68. The first-order valence-corrected chi connectivity index (χ1v) is 12.8. The number of anilines is 2. The lowest BCUT2D eigenvalue weighted by Gasteiger charge is -2.12. The summed E-state index contributed by atoms with van der Waals surface area (Å²) in [6.07, 6.45) is 2.40. The van der Waals surface area contributed by atoms with E-state index in [0.29, 0.717) is 30.3 Å². The van der Waals surface area contributed by atoms with Gasteiger partial charge in [-0.05, 0) is 48.9 Å². The highest BCUT2D eigenvalue weighted by Crippen LogP contribution is 2.32. The van der Waals surface area contributed by atoms with Crippen LogP contribution < -0.4 is 20.7 Å². The van der Waals surface area contributed by atoms with Crippen LogP contribution in [0.3, 0.4) is 0 Å². The Labute approximate surface area is 222 Å². The number of halogens is 1. The van der Waals surface area contributed by atoms with Crippen molar-refractivity contribution in [2.24, 2.45) is 0 Å². The minimum absolute atomic E-state index is 0. The summed E-state index contributed by atoms with van der Waals surface area (Å²) in [6, 6.07) is 17.4. The maximum atomic E-state index is 12.7. The SMILES string of the molecule is C.COC[C@H]1CC(NC(=O)c2cc(Oc3ccc4sc(Nc5ccc(Br)cc5)nc4c3)ccn2)CN1. The van der Waals surface area contributed by atoms with E-state index in [9.17, 15) is 4.79 Å². The van der Waals surface area contributed by atoms with Gasteiger partial charge in [-0.3, -0.25) is 9.78 Å². The van der Waals surface area contributed by atoms with Gasteiger partial charge >= 0.3 is 0 Å². The van der Waals surface area contributed by atoms with Gasteiger partial charge in [0.2, 0.25) is 0 Å². The molecule has 0 spiro atoms. The van der Waals surface area contributed by atoms with E-state index >= 15 is 0 Å². The third kappa shape index (κ3) is 6.38. The highest BCUT2D eigenvalue weighted by atomic mass is 79.9. The average Bonchev–Trinajstić information content (AvgIpc) is 3.46. The molecule has 4 aromatic rings. The lowest BCUT2D eigenvalue weighted by Crippen LogP contribution is -2.36. The number of hydrogen-bond donors (Lipinski definition) is 3. The standard InChI is InChI=1S/C25H24BrN5O3S.CH4/c1-33-14-18-10-17(13-28-18)29-24(32)22-12-20(8-9-27-22)34-19-6-7-23-21(11-19)31-25(35-23)30-16-4-2-15(26)3-5-16;/h2-9,11-12,17-18,28H,10,13-14H2,1H3,(H,29,32)(H,30,31);1H4/t17?,18-;/m1./s1. The predicted octanol–water partition coefficient (Wildman–Crippen LogP) is 5.73. The molecule has 1 aliphatic rings. The van der Waals surface area contributed by atoms with Crippen molar-refractivity contribution in [2.45, 2.75) is 25.9 Å². The molecule has 2 atom stereocenters. The van der Waals surface area contributed by atoms with Crippen LogP contribution in [0.15, 0.2) is 65.3 Å². The Morgan fingerprint density at radius 3 is 2.78 bits per heavy atom. The Bertz CT molecular complexity index is 1330. The highest BCUT2D eigenvalue weighted by molar-refractivity contribution is 9.10. The molecular formula is C26H28BrN5O3S. The van der Waals surface area contributed by atoms with Crippen LogP contribution in [0.2, 0.25) is 0 Å². The maximum Gasteiger partial charge on any atom is 0.270 e. The third-order valence-electron chi connectivity index (χ3n) is 5.58. The number of fused-ring (bicyclic) bond motifs is 1. The molecule has 0 saturated carbocycles. The monoisotopic (exact) mass is 569 g/mol. The van der Waals surface area contributed by atoms with E-state index in [-0.39, 0.29) is 25.4 Å². The summed E-state index contributed by atoms with van der Waals surface area (Å²) in [4.78, 5) is 21.6. The molecule has 3 N–H and O–H groups in total. The molecule has 0 radical (unpaired) electrons. The van der Waals surface area contributed by atoms with Gasteiger partial charge in [0.25, 0.3) is 5.91 Å². The van der Waals surface area contributed by atoms with Crippen molar-refractivity contribution >= 4 is 54.2 Å². The molecule has 5 rings (SSSR count). The molecule has 10 heteroatoms. The van der Waals surface area contributed by atoms with E-state index < -0.39 is 0 Å².